The second kappa shape index (κ2) is 13.6. The lowest BCUT2D eigenvalue weighted by atomic mass is 9.93. The van der Waals surface area contributed by atoms with E-state index >= 15 is 0 Å². The summed E-state index contributed by atoms with van der Waals surface area (Å²) in [6.07, 6.45) is 0. The van der Waals surface area contributed by atoms with Gasteiger partial charge in [-0.15, -0.1) is 0 Å². The summed E-state index contributed by atoms with van der Waals surface area (Å²) < 4.78 is 0. The monoisotopic (exact) mass is 708 g/mol. The van der Waals surface area contributed by atoms with Gasteiger partial charge in [0.1, 0.15) is 0 Å². The van der Waals surface area contributed by atoms with Gasteiger partial charge in [0, 0.05) is 48.9 Å². The molecule has 9 aromatic rings. The largest absolute Gasteiger partial charge is 0.311 e. The van der Waals surface area contributed by atoms with Gasteiger partial charge in [0.25, 0.3) is 0 Å². The van der Waals surface area contributed by atoms with Gasteiger partial charge in [-0.25, -0.2) is 15.0 Å². The van der Waals surface area contributed by atoms with E-state index < -0.39 is 0 Å². The molecule has 2 heterocycles. The van der Waals surface area contributed by atoms with Crippen molar-refractivity contribution in [3.63, 3.8) is 0 Å². The van der Waals surface area contributed by atoms with Crippen LogP contribution in [-0.4, -0.2) is 15.0 Å². The third-order valence-electron chi connectivity index (χ3n) is 9.92. The average molecular weight is 709 g/mol. The van der Waals surface area contributed by atoms with E-state index in [0.717, 1.165) is 39.1 Å². The molecule has 0 saturated carbocycles. The fourth-order valence-electron chi connectivity index (χ4n) is 7.34. The molecule has 1 aliphatic rings. The number of hydrogen-bond acceptors (Lipinski definition) is 5. The SMILES string of the molecule is c1ccc(-c2nc(-c3ccccc3)nc(-c3ccc4c5c(cccc35)-c3ccc(-c5ccc(N(c6ccccc6)c6ccccc6)cc5)cc3S4)n2)cc1. The second-order valence-corrected chi connectivity index (χ2v) is 14.3. The molecule has 1 aliphatic heterocycles. The first-order valence-corrected chi connectivity index (χ1v) is 18.8. The van der Waals surface area contributed by atoms with E-state index in [0.29, 0.717) is 17.5 Å². The highest BCUT2D eigenvalue weighted by molar-refractivity contribution is 7.99. The number of anilines is 3. The maximum Gasteiger partial charge on any atom is 0.164 e. The van der Waals surface area contributed by atoms with Crippen molar-refractivity contribution in [1.82, 2.24) is 15.0 Å². The minimum Gasteiger partial charge on any atom is -0.311 e. The van der Waals surface area contributed by atoms with Crippen LogP contribution < -0.4 is 4.90 Å². The zero-order valence-electron chi connectivity index (χ0n) is 29.2. The lowest BCUT2D eigenvalue weighted by molar-refractivity contribution is 1.08. The first-order valence-electron chi connectivity index (χ1n) is 18.0. The minimum absolute atomic E-state index is 0.660. The van der Waals surface area contributed by atoms with Gasteiger partial charge < -0.3 is 4.90 Å². The molecule has 0 spiro atoms. The number of benzene rings is 8. The molecule has 54 heavy (non-hydrogen) atoms. The topological polar surface area (TPSA) is 41.9 Å². The van der Waals surface area contributed by atoms with E-state index in [9.17, 15) is 0 Å². The lowest BCUT2D eigenvalue weighted by Gasteiger charge is -2.25. The molecule has 0 radical (unpaired) electrons. The Morgan fingerprint density at radius 1 is 0.333 bits per heavy atom. The van der Waals surface area contributed by atoms with Gasteiger partial charge in [-0.3, -0.25) is 0 Å². The molecule has 10 rings (SSSR count). The quantitative estimate of drug-likeness (QED) is 0.165. The van der Waals surface area contributed by atoms with Crippen molar-refractivity contribution in [1.29, 1.82) is 0 Å². The Labute approximate surface area is 318 Å². The highest BCUT2D eigenvalue weighted by Crippen LogP contribution is 2.50. The molecule has 0 saturated heterocycles. The third-order valence-corrected chi connectivity index (χ3v) is 11.0. The molecule has 0 N–H and O–H groups in total. The van der Waals surface area contributed by atoms with Gasteiger partial charge in [0.2, 0.25) is 0 Å². The molecular weight excluding hydrogens is 677 g/mol. The molecule has 254 valence electrons. The number of aromatic nitrogens is 3. The Morgan fingerprint density at radius 3 is 1.46 bits per heavy atom. The molecule has 0 amide bonds. The highest BCUT2D eigenvalue weighted by atomic mass is 32.2. The van der Waals surface area contributed by atoms with Crippen molar-refractivity contribution in [3.05, 3.63) is 194 Å². The van der Waals surface area contributed by atoms with Crippen molar-refractivity contribution < 1.29 is 0 Å². The van der Waals surface area contributed by atoms with Crippen LogP contribution in [0.15, 0.2) is 204 Å². The standard InChI is InChI=1S/C49H32N4S/c1-5-14-34(15-6-1)47-50-48(35-16-7-2-8-17-35)52-49(51-47)43-30-31-44-46-41(22-13-23-42(43)46)40-29-26-36(32-45(40)54-44)33-24-27-39(28-25-33)53(37-18-9-3-10-19-37)38-20-11-4-12-21-38/h1-32H. The van der Waals surface area contributed by atoms with Gasteiger partial charge in [-0.05, 0) is 82.2 Å². The van der Waals surface area contributed by atoms with E-state index in [2.05, 4.69) is 138 Å². The zero-order valence-corrected chi connectivity index (χ0v) is 30.0. The maximum absolute atomic E-state index is 5.06. The molecular formula is C49H32N4S. The Bertz CT molecular complexity index is 2680. The molecule has 0 bridgehead atoms. The van der Waals surface area contributed by atoms with Crippen LogP contribution in [0.2, 0.25) is 0 Å². The third kappa shape index (κ3) is 5.81. The fraction of sp³-hybridized carbons (Fsp3) is 0. The Hall–Kier alpha value is -6.82. The van der Waals surface area contributed by atoms with Gasteiger partial charge in [-0.1, -0.05) is 151 Å². The first-order chi connectivity index (χ1) is 26.8. The first kappa shape index (κ1) is 31.9. The smallest absolute Gasteiger partial charge is 0.164 e. The highest BCUT2D eigenvalue weighted by Gasteiger charge is 2.23. The summed E-state index contributed by atoms with van der Waals surface area (Å²) in [5.74, 6) is 1.99. The van der Waals surface area contributed by atoms with Gasteiger partial charge in [0.05, 0.1) is 0 Å². The normalized spacial score (nSPS) is 11.6. The summed E-state index contributed by atoms with van der Waals surface area (Å²) in [6.45, 7) is 0. The van der Waals surface area contributed by atoms with Crippen LogP contribution in [0.25, 0.3) is 67.2 Å². The number of rotatable bonds is 7. The van der Waals surface area contributed by atoms with E-state index in [1.54, 1.807) is 0 Å². The van der Waals surface area contributed by atoms with E-state index in [1.807, 2.05) is 72.4 Å². The molecule has 0 fully saturated rings. The van der Waals surface area contributed by atoms with Gasteiger partial charge >= 0.3 is 0 Å². The Morgan fingerprint density at radius 2 is 0.852 bits per heavy atom. The number of hydrogen-bond donors (Lipinski definition) is 0. The fourth-order valence-corrected chi connectivity index (χ4v) is 8.51. The molecule has 0 unspecified atom stereocenters. The Kier molecular flexibility index (Phi) is 8.04. The van der Waals surface area contributed by atoms with Crippen molar-refractivity contribution in [2.24, 2.45) is 0 Å². The van der Waals surface area contributed by atoms with Crippen LogP contribution in [0, 0.1) is 0 Å². The van der Waals surface area contributed by atoms with Crippen LogP contribution in [0.3, 0.4) is 0 Å². The predicted octanol–water partition coefficient (Wildman–Crippen LogP) is 13.3. The zero-order chi connectivity index (χ0) is 35.8. The van der Waals surface area contributed by atoms with Crippen LogP contribution in [0.5, 0.6) is 0 Å². The molecule has 1 aromatic heterocycles. The summed E-state index contributed by atoms with van der Waals surface area (Å²) >= 11 is 1.83. The summed E-state index contributed by atoms with van der Waals surface area (Å²) in [6, 6.07) is 68.1. The molecule has 8 aromatic carbocycles. The summed E-state index contributed by atoms with van der Waals surface area (Å²) in [5, 5.41) is 2.36. The molecule has 0 atom stereocenters. The van der Waals surface area contributed by atoms with E-state index in [1.165, 1.54) is 37.4 Å². The minimum atomic E-state index is 0.660. The van der Waals surface area contributed by atoms with Crippen molar-refractivity contribution >= 4 is 39.6 Å². The second-order valence-electron chi connectivity index (χ2n) is 13.2. The molecule has 4 nitrogen and oxygen atoms in total. The summed E-state index contributed by atoms with van der Waals surface area (Å²) in [5.41, 5.74) is 11.1. The lowest BCUT2D eigenvalue weighted by Crippen LogP contribution is -2.09. The van der Waals surface area contributed by atoms with Crippen LogP contribution in [0.4, 0.5) is 17.1 Å². The molecule has 5 heteroatoms. The van der Waals surface area contributed by atoms with Gasteiger partial charge in [-0.2, -0.15) is 0 Å². The van der Waals surface area contributed by atoms with Crippen LogP contribution in [0.1, 0.15) is 0 Å². The summed E-state index contributed by atoms with van der Waals surface area (Å²) in [4.78, 5) is 19.8. The number of fused-ring (bicyclic) bond motifs is 2. The molecule has 0 aliphatic carbocycles. The Balaban J connectivity index is 1.03. The number of nitrogens with zero attached hydrogens (tertiary/aromatic N) is 4. The average Bonchev–Trinajstić information content (AvgIpc) is 3.25. The van der Waals surface area contributed by atoms with Gasteiger partial charge in [0.15, 0.2) is 17.5 Å². The van der Waals surface area contributed by atoms with E-state index in [4.69, 9.17) is 15.0 Å². The predicted molar refractivity (Wildman–Crippen MR) is 223 cm³/mol. The maximum atomic E-state index is 5.06. The number of para-hydroxylation sites is 2. The van der Waals surface area contributed by atoms with Crippen LogP contribution >= 0.6 is 11.8 Å². The van der Waals surface area contributed by atoms with Crippen molar-refractivity contribution in [2.75, 3.05) is 4.90 Å². The van der Waals surface area contributed by atoms with Crippen molar-refractivity contribution in [2.45, 2.75) is 9.79 Å². The van der Waals surface area contributed by atoms with Crippen LogP contribution in [-0.2, 0) is 0 Å². The van der Waals surface area contributed by atoms with Crippen molar-refractivity contribution in [3.8, 4) is 56.4 Å². The summed E-state index contributed by atoms with van der Waals surface area (Å²) in [7, 11) is 0. The van der Waals surface area contributed by atoms with E-state index in [-0.39, 0.29) is 0 Å².